The number of benzene rings is 2. The summed E-state index contributed by atoms with van der Waals surface area (Å²) in [5, 5.41) is 32.0. The van der Waals surface area contributed by atoms with Crippen LogP contribution in [0.1, 0.15) is 36.2 Å². The Morgan fingerprint density at radius 3 is 2.55 bits per heavy atom. The van der Waals surface area contributed by atoms with Crippen LogP contribution in [0, 0.1) is 11.3 Å². The molecule has 0 aliphatic carbocycles. The lowest BCUT2D eigenvalue weighted by atomic mass is 9.79. The van der Waals surface area contributed by atoms with E-state index in [4.69, 9.17) is 14.0 Å². The number of hydrogen-bond acceptors (Lipinski definition) is 10. The zero-order valence-corrected chi connectivity index (χ0v) is 21.3. The number of hydrogen-bond donors (Lipinski definition) is 2. The summed E-state index contributed by atoms with van der Waals surface area (Å²) in [5.74, 6) is -3.41. The van der Waals surface area contributed by atoms with Gasteiger partial charge in [-0.05, 0) is 49.4 Å². The lowest BCUT2D eigenvalue weighted by Crippen LogP contribution is -2.43. The number of carboxylic acids is 2. The minimum absolute atomic E-state index is 0.194. The molecule has 4 aromatic rings. The van der Waals surface area contributed by atoms with Crippen molar-refractivity contribution in [3.63, 3.8) is 0 Å². The van der Waals surface area contributed by atoms with E-state index in [1.165, 1.54) is 6.07 Å². The van der Waals surface area contributed by atoms with E-state index in [0.29, 0.717) is 42.4 Å². The standard InChI is InChI=1S/C27H26N4O9/c32-21(23-19-6-5-17(13-22(19)40-29-23)39-15-16-7-11-38-12-8-16)14-27(25(34)35,26(36)37)9-10-31-24(33)18-3-1-2-4-20(18)28-30-31/h1-6,13,16H,7-12,14-15H2,(H,34,35)(H,36,37). The summed E-state index contributed by atoms with van der Waals surface area (Å²) in [7, 11) is 0. The Morgan fingerprint density at radius 2 is 1.80 bits per heavy atom. The molecule has 13 nitrogen and oxygen atoms in total. The van der Waals surface area contributed by atoms with Crippen molar-refractivity contribution >= 4 is 39.6 Å². The first kappa shape index (κ1) is 26.9. The second-order valence-electron chi connectivity index (χ2n) is 9.73. The molecule has 0 spiro atoms. The molecule has 208 valence electrons. The van der Waals surface area contributed by atoms with E-state index in [1.54, 1.807) is 36.4 Å². The zero-order valence-electron chi connectivity index (χ0n) is 21.3. The molecule has 0 saturated carbocycles. The Balaban J connectivity index is 1.34. The van der Waals surface area contributed by atoms with E-state index in [9.17, 15) is 29.4 Å². The smallest absolute Gasteiger partial charge is 0.321 e. The van der Waals surface area contributed by atoms with Gasteiger partial charge in [-0.3, -0.25) is 19.2 Å². The van der Waals surface area contributed by atoms with E-state index in [1.807, 2.05) is 0 Å². The van der Waals surface area contributed by atoms with Crippen LogP contribution in [0.5, 0.6) is 5.75 Å². The third-order valence-corrected chi connectivity index (χ3v) is 7.19. The van der Waals surface area contributed by atoms with Gasteiger partial charge in [0.25, 0.3) is 5.56 Å². The summed E-state index contributed by atoms with van der Waals surface area (Å²) < 4.78 is 17.4. The highest BCUT2D eigenvalue weighted by Gasteiger charge is 2.49. The normalized spacial score (nSPS) is 14.4. The average Bonchev–Trinajstić information content (AvgIpc) is 3.39. The molecule has 1 fully saturated rings. The summed E-state index contributed by atoms with van der Waals surface area (Å²) in [6.45, 7) is 1.50. The third kappa shape index (κ3) is 5.27. The fourth-order valence-corrected chi connectivity index (χ4v) is 4.71. The Morgan fingerprint density at radius 1 is 1.05 bits per heavy atom. The molecule has 0 atom stereocenters. The average molecular weight is 551 g/mol. The second-order valence-corrected chi connectivity index (χ2v) is 9.73. The van der Waals surface area contributed by atoms with Gasteiger partial charge in [0.1, 0.15) is 11.3 Å². The molecular formula is C27H26N4O9. The van der Waals surface area contributed by atoms with Crippen LogP contribution in [-0.4, -0.2) is 67.9 Å². The quantitative estimate of drug-likeness (QED) is 0.206. The number of carbonyl (C=O) groups is 3. The summed E-state index contributed by atoms with van der Waals surface area (Å²) in [6, 6.07) is 11.2. The number of aliphatic carboxylic acids is 2. The number of rotatable bonds is 11. The zero-order chi connectivity index (χ0) is 28.3. The predicted molar refractivity (Wildman–Crippen MR) is 138 cm³/mol. The Bertz CT molecular complexity index is 1620. The van der Waals surface area contributed by atoms with Crippen molar-refractivity contribution < 1.29 is 38.6 Å². The molecule has 2 aromatic carbocycles. The van der Waals surface area contributed by atoms with Crippen LogP contribution in [0.25, 0.3) is 21.9 Å². The summed E-state index contributed by atoms with van der Waals surface area (Å²) in [4.78, 5) is 50.5. The Labute approximate surface area is 226 Å². The van der Waals surface area contributed by atoms with Gasteiger partial charge in [-0.2, -0.15) is 0 Å². The molecule has 0 bridgehead atoms. The molecule has 5 rings (SSSR count). The van der Waals surface area contributed by atoms with E-state index in [2.05, 4.69) is 15.5 Å². The SMILES string of the molecule is O=C(CC(CCn1nnc2ccccc2c1=O)(C(=O)O)C(=O)O)c1noc2cc(OCC3CCOCC3)ccc12. The maximum atomic E-state index is 13.2. The molecule has 1 aliphatic rings. The van der Waals surface area contributed by atoms with E-state index in [-0.39, 0.29) is 16.7 Å². The third-order valence-electron chi connectivity index (χ3n) is 7.19. The van der Waals surface area contributed by atoms with Crippen molar-refractivity contribution in [3.8, 4) is 5.75 Å². The molecule has 40 heavy (non-hydrogen) atoms. The van der Waals surface area contributed by atoms with Crippen molar-refractivity contribution in [2.75, 3.05) is 19.8 Å². The minimum atomic E-state index is -2.55. The fraction of sp³-hybridized carbons (Fsp3) is 0.370. The molecular weight excluding hydrogens is 524 g/mol. The molecule has 3 heterocycles. The number of fused-ring (bicyclic) bond motifs is 2. The monoisotopic (exact) mass is 550 g/mol. The molecule has 2 aromatic heterocycles. The lowest BCUT2D eigenvalue weighted by molar-refractivity contribution is -0.165. The molecule has 1 aliphatic heterocycles. The van der Waals surface area contributed by atoms with E-state index >= 15 is 0 Å². The van der Waals surface area contributed by atoms with Gasteiger partial charge in [-0.15, -0.1) is 5.10 Å². The van der Waals surface area contributed by atoms with E-state index in [0.717, 1.165) is 17.5 Å². The molecule has 0 amide bonds. The number of carboxylic acid groups (broad SMARTS) is 2. The number of aryl methyl sites for hydroxylation is 1. The Hall–Kier alpha value is -4.65. The summed E-state index contributed by atoms with van der Waals surface area (Å²) in [5.41, 5.74) is -2.72. The highest BCUT2D eigenvalue weighted by molar-refractivity contribution is 6.10. The number of ether oxygens (including phenoxy) is 2. The summed E-state index contributed by atoms with van der Waals surface area (Å²) >= 11 is 0. The van der Waals surface area contributed by atoms with Crippen LogP contribution in [-0.2, 0) is 20.9 Å². The van der Waals surface area contributed by atoms with Crippen molar-refractivity contribution in [2.24, 2.45) is 11.3 Å². The fourth-order valence-electron chi connectivity index (χ4n) is 4.71. The molecule has 0 unspecified atom stereocenters. The molecule has 13 heteroatoms. The lowest BCUT2D eigenvalue weighted by Gasteiger charge is -2.23. The number of aromatic nitrogens is 4. The largest absolute Gasteiger partial charge is 0.493 e. The van der Waals surface area contributed by atoms with Crippen LogP contribution in [0.15, 0.2) is 51.8 Å². The van der Waals surface area contributed by atoms with Crippen LogP contribution >= 0.6 is 0 Å². The number of carbonyl (C=O) groups excluding carboxylic acids is 1. The van der Waals surface area contributed by atoms with Crippen LogP contribution < -0.4 is 10.3 Å². The van der Waals surface area contributed by atoms with Gasteiger partial charge in [0.2, 0.25) is 0 Å². The maximum Gasteiger partial charge on any atom is 0.321 e. The number of Topliss-reactive ketones (excluding diaryl/α,β-unsaturated/α-hetero) is 1. The van der Waals surface area contributed by atoms with Gasteiger partial charge in [0, 0.05) is 32.2 Å². The van der Waals surface area contributed by atoms with Gasteiger partial charge >= 0.3 is 11.9 Å². The highest BCUT2D eigenvalue weighted by Crippen LogP contribution is 2.33. The molecule has 2 N–H and O–H groups in total. The van der Waals surface area contributed by atoms with Crippen LogP contribution in [0.4, 0.5) is 0 Å². The van der Waals surface area contributed by atoms with Crippen molar-refractivity contribution in [1.29, 1.82) is 0 Å². The first-order chi connectivity index (χ1) is 19.3. The topological polar surface area (TPSA) is 184 Å². The predicted octanol–water partition coefficient (Wildman–Crippen LogP) is 2.56. The van der Waals surface area contributed by atoms with Crippen LogP contribution in [0.3, 0.4) is 0 Å². The first-order valence-corrected chi connectivity index (χ1v) is 12.7. The van der Waals surface area contributed by atoms with E-state index < -0.39 is 48.1 Å². The highest BCUT2D eigenvalue weighted by atomic mass is 16.5. The van der Waals surface area contributed by atoms with Gasteiger partial charge < -0.3 is 24.2 Å². The van der Waals surface area contributed by atoms with Crippen LogP contribution in [0.2, 0.25) is 0 Å². The number of ketones is 1. The summed E-state index contributed by atoms with van der Waals surface area (Å²) in [6.07, 6.45) is 0.285. The Kier molecular flexibility index (Phi) is 7.56. The molecule has 0 radical (unpaired) electrons. The second kappa shape index (κ2) is 11.2. The van der Waals surface area contributed by atoms with Gasteiger partial charge in [-0.1, -0.05) is 22.5 Å². The van der Waals surface area contributed by atoms with Crippen molar-refractivity contribution in [3.05, 3.63) is 58.5 Å². The minimum Gasteiger partial charge on any atom is -0.493 e. The van der Waals surface area contributed by atoms with Gasteiger partial charge in [0.15, 0.2) is 22.5 Å². The van der Waals surface area contributed by atoms with Crippen molar-refractivity contribution in [1.82, 2.24) is 20.2 Å². The molecule has 1 saturated heterocycles. The van der Waals surface area contributed by atoms with Gasteiger partial charge in [-0.25, -0.2) is 4.68 Å². The first-order valence-electron chi connectivity index (χ1n) is 12.7. The maximum absolute atomic E-state index is 13.2. The van der Waals surface area contributed by atoms with Crippen molar-refractivity contribution in [2.45, 2.75) is 32.2 Å². The van der Waals surface area contributed by atoms with Gasteiger partial charge in [0.05, 0.1) is 17.4 Å². The number of nitrogens with zero attached hydrogens (tertiary/aromatic N) is 4.